The maximum Gasteiger partial charge on any atom is 0.271 e. The summed E-state index contributed by atoms with van der Waals surface area (Å²) in [6, 6.07) is 20.0. The Balaban J connectivity index is 1.68. The number of ether oxygens (including phenoxy) is 3. The second-order valence-electron chi connectivity index (χ2n) is 9.27. The second-order valence-corrected chi connectivity index (χ2v) is 10.3. The number of carbonyl (C=O) groups is 1. The zero-order chi connectivity index (χ0) is 28.4. The number of carbonyl (C=O) groups excluding carboxylic acids is 1. The first-order valence-electron chi connectivity index (χ1n) is 12.6. The van der Waals surface area contributed by atoms with Gasteiger partial charge in [-0.1, -0.05) is 59.4 Å². The molecule has 9 heteroatoms. The van der Waals surface area contributed by atoms with Crippen LogP contribution >= 0.6 is 11.3 Å². The number of amides is 1. The van der Waals surface area contributed by atoms with Gasteiger partial charge in [-0.15, -0.1) is 0 Å². The molecule has 0 saturated carbocycles. The number of methoxy groups -OCH3 is 3. The van der Waals surface area contributed by atoms with Gasteiger partial charge in [-0.25, -0.2) is 4.99 Å². The number of hydrogen-bond donors (Lipinski definition) is 1. The van der Waals surface area contributed by atoms with Gasteiger partial charge in [-0.2, -0.15) is 0 Å². The molecule has 0 unspecified atom stereocenters. The summed E-state index contributed by atoms with van der Waals surface area (Å²) in [6.07, 6.45) is 1.77. The molecule has 40 heavy (non-hydrogen) atoms. The van der Waals surface area contributed by atoms with Gasteiger partial charge >= 0.3 is 0 Å². The normalized spacial score (nSPS) is 14.8. The van der Waals surface area contributed by atoms with Gasteiger partial charge in [0.15, 0.2) is 16.3 Å². The van der Waals surface area contributed by atoms with Crippen LogP contribution < -0.4 is 34.4 Å². The predicted molar refractivity (Wildman–Crippen MR) is 156 cm³/mol. The molecule has 1 aliphatic rings. The number of nitrogens with zero attached hydrogens (tertiary/aromatic N) is 2. The molecule has 5 rings (SSSR count). The lowest BCUT2D eigenvalue weighted by Gasteiger charge is -2.25. The summed E-state index contributed by atoms with van der Waals surface area (Å²) < 4.78 is 18.5. The molecule has 0 radical (unpaired) electrons. The van der Waals surface area contributed by atoms with Crippen LogP contribution in [0.4, 0.5) is 5.69 Å². The van der Waals surface area contributed by atoms with E-state index in [-0.39, 0.29) is 11.5 Å². The minimum atomic E-state index is -0.650. The van der Waals surface area contributed by atoms with Crippen molar-refractivity contribution in [3.05, 3.63) is 114 Å². The van der Waals surface area contributed by atoms with Crippen molar-refractivity contribution in [3.8, 4) is 17.2 Å². The molecule has 204 valence electrons. The molecule has 3 aromatic carbocycles. The number of fused-ring (bicyclic) bond motifs is 1. The smallest absolute Gasteiger partial charge is 0.271 e. The molecular weight excluding hydrogens is 526 g/mol. The highest BCUT2D eigenvalue weighted by Gasteiger charge is 2.32. The van der Waals surface area contributed by atoms with Gasteiger partial charge in [0.25, 0.3) is 11.5 Å². The third-order valence-electron chi connectivity index (χ3n) is 6.68. The van der Waals surface area contributed by atoms with E-state index in [2.05, 4.69) is 5.32 Å². The van der Waals surface area contributed by atoms with E-state index in [1.807, 2.05) is 61.5 Å². The zero-order valence-corrected chi connectivity index (χ0v) is 23.7. The minimum Gasteiger partial charge on any atom is -0.493 e. The third-order valence-corrected chi connectivity index (χ3v) is 7.66. The summed E-state index contributed by atoms with van der Waals surface area (Å²) in [4.78, 5) is 32.9. The van der Waals surface area contributed by atoms with Crippen LogP contribution in [-0.2, 0) is 4.79 Å². The number of nitrogens with one attached hydrogen (secondary N) is 1. The van der Waals surface area contributed by atoms with Gasteiger partial charge < -0.3 is 19.5 Å². The maximum atomic E-state index is 14.0. The zero-order valence-electron chi connectivity index (χ0n) is 22.8. The van der Waals surface area contributed by atoms with Gasteiger partial charge in [0.2, 0.25) is 5.75 Å². The summed E-state index contributed by atoms with van der Waals surface area (Å²) in [5.74, 6) is 1.12. The molecule has 2 heterocycles. The van der Waals surface area contributed by atoms with Gasteiger partial charge in [-0.3, -0.25) is 14.2 Å². The summed E-state index contributed by atoms with van der Waals surface area (Å²) in [5.41, 5.74) is 3.98. The number of aryl methyl sites for hydroxylation is 1. The molecule has 4 aromatic rings. The molecule has 1 amide bonds. The number of rotatable bonds is 7. The Labute approximate surface area is 235 Å². The Morgan fingerprint density at radius 3 is 2.20 bits per heavy atom. The van der Waals surface area contributed by atoms with E-state index in [9.17, 15) is 9.59 Å². The quantitative estimate of drug-likeness (QED) is 0.369. The molecular formula is C31H29N3O5S. The van der Waals surface area contributed by atoms with E-state index in [0.29, 0.717) is 49.1 Å². The maximum absolute atomic E-state index is 14.0. The standard InChI is InChI=1S/C31H29N3O5S/c1-18-11-13-21(14-12-18)27-26(29(35)33-22-9-7-6-8-10-22)19(2)32-31-34(27)30(36)25(40-31)17-20-15-23(37-3)28(39-5)24(16-20)38-4/h6-17,27H,1-5H3,(H,33,35)/b25-17-/t27-/m1/s1. The first-order valence-corrected chi connectivity index (χ1v) is 13.4. The number of thiazole rings is 1. The van der Waals surface area contributed by atoms with Gasteiger partial charge in [0, 0.05) is 5.69 Å². The van der Waals surface area contributed by atoms with Crippen LogP contribution in [0.1, 0.15) is 29.7 Å². The molecule has 1 aliphatic heterocycles. The lowest BCUT2D eigenvalue weighted by Crippen LogP contribution is -2.40. The predicted octanol–water partition coefficient (Wildman–Crippen LogP) is 4.21. The van der Waals surface area contributed by atoms with E-state index in [1.165, 1.54) is 18.4 Å². The molecule has 0 saturated heterocycles. The molecule has 0 bridgehead atoms. The summed E-state index contributed by atoms with van der Waals surface area (Å²) in [6.45, 7) is 3.80. The number of allylic oxidation sites excluding steroid dienone is 1. The van der Waals surface area contributed by atoms with Gasteiger partial charge in [-0.05, 0) is 55.3 Å². The van der Waals surface area contributed by atoms with Crippen molar-refractivity contribution in [2.45, 2.75) is 19.9 Å². The van der Waals surface area contributed by atoms with E-state index in [4.69, 9.17) is 19.2 Å². The summed E-state index contributed by atoms with van der Waals surface area (Å²) >= 11 is 1.27. The van der Waals surface area contributed by atoms with Crippen LogP contribution in [0.25, 0.3) is 6.08 Å². The molecule has 0 spiro atoms. The van der Waals surface area contributed by atoms with E-state index >= 15 is 0 Å². The number of aromatic nitrogens is 1. The summed E-state index contributed by atoms with van der Waals surface area (Å²) in [5, 5.41) is 2.97. The van der Waals surface area contributed by atoms with E-state index in [0.717, 1.165) is 11.1 Å². The van der Waals surface area contributed by atoms with Crippen LogP contribution in [-0.4, -0.2) is 31.8 Å². The first kappa shape index (κ1) is 27.0. The molecule has 8 nitrogen and oxygen atoms in total. The van der Waals surface area contributed by atoms with Crippen molar-refractivity contribution in [3.63, 3.8) is 0 Å². The Bertz CT molecular complexity index is 1760. The molecule has 1 N–H and O–H groups in total. The van der Waals surface area contributed by atoms with Crippen molar-refractivity contribution < 1.29 is 19.0 Å². The number of benzene rings is 3. The minimum absolute atomic E-state index is 0.249. The van der Waals surface area contributed by atoms with Gasteiger partial charge in [0.1, 0.15) is 0 Å². The molecule has 0 fully saturated rings. The number of hydrogen-bond acceptors (Lipinski definition) is 7. The largest absolute Gasteiger partial charge is 0.493 e. The fraction of sp³-hybridized carbons (Fsp3) is 0.194. The Morgan fingerprint density at radius 2 is 1.60 bits per heavy atom. The lowest BCUT2D eigenvalue weighted by molar-refractivity contribution is -0.113. The van der Waals surface area contributed by atoms with Crippen LogP contribution in [0.2, 0.25) is 0 Å². The van der Waals surface area contributed by atoms with Crippen LogP contribution in [0.15, 0.2) is 87.8 Å². The molecule has 1 aromatic heterocycles. The van der Waals surface area contributed by atoms with Crippen molar-refractivity contribution in [1.82, 2.24) is 4.57 Å². The monoisotopic (exact) mass is 555 g/mol. The Morgan fingerprint density at radius 1 is 0.950 bits per heavy atom. The van der Waals surface area contributed by atoms with E-state index < -0.39 is 6.04 Å². The van der Waals surface area contributed by atoms with Crippen LogP contribution in [0, 0.1) is 6.92 Å². The topological polar surface area (TPSA) is 91.2 Å². The highest BCUT2D eigenvalue weighted by atomic mass is 32.1. The molecule has 0 aliphatic carbocycles. The summed E-state index contributed by atoms with van der Waals surface area (Å²) in [7, 11) is 4.62. The van der Waals surface area contributed by atoms with Crippen molar-refractivity contribution in [2.24, 2.45) is 4.99 Å². The fourth-order valence-corrected chi connectivity index (χ4v) is 5.78. The SMILES string of the molecule is COc1cc(/C=c2\sc3n(c2=O)[C@H](c2ccc(C)cc2)C(C(=O)Nc2ccccc2)=C(C)N=3)cc(OC)c1OC. The molecule has 1 atom stereocenters. The highest BCUT2D eigenvalue weighted by molar-refractivity contribution is 7.07. The average molecular weight is 556 g/mol. The van der Waals surface area contributed by atoms with Crippen molar-refractivity contribution in [2.75, 3.05) is 26.6 Å². The van der Waals surface area contributed by atoms with E-state index in [1.54, 1.807) is 43.9 Å². The van der Waals surface area contributed by atoms with Crippen LogP contribution in [0.3, 0.4) is 0 Å². The fourth-order valence-electron chi connectivity index (χ4n) is 4.73. The highest BCUT2D eigenvalue weighted by Crippen LogP contribution is 2.38. The van der Waals surface area contributed by atoms with Crippen molar-refractivity contribution >= 4 is 29.0 Å². The first-order chi connectivity index (χ1) is 19.3. The van der Waals surface area contributed by atoms with Crippen molar-refractivity contribution in [1.29, 1.82) is 0 Å². The number of anilines is 1. The number of para-hydroxylation sites is 1. The van der Waals surface area contributed by atoms with Crippen LogP contribution in [0.5, 0.6) is 17.2 Å². The second kappa shape index (κ2) is 11.2. The lowest BCUT2D eigenvalue weighted by atomic mass is 9.94. The average Bonchev–Trinajstić information content (AvgIpc) is 3.26. The Hall–Kier alpha value is -4.63. The Kier molecular flexibility index (Phi) is 7.57. The van der Waals surface area contributed by atoms with Gasteiger partial charge in [0.05, 0.1) is 43.2 Å². The third kappa shape index (κ3) is 5.03.